The summed E-state index contributed by atoms with van der Waals surface area (Å²) < 4.78 is 5.33. The Morgan fingerprint density at radius 3 is 2.32 bits per heavy atom. The first kappa shape index (κ1) is 24.6. The van der Waals surface area contributed by atoms with Crippen LogP contribution < -0.4 is 16.2 Å². The fourth-order valence-corrected chi connectivity index (χ4v) is 1.93. The molecule has 0 fully saturated rings. The Labute approximate surface area is 187 Å². The maximum absolute atomic E-state index is 9.09. The van der Waals surface area contributed by atoms with Crippen molar-refractivity contribution in [2.24, 2.45) is 11.5 Å². The second-order valence-electron chi connectivity index (χ2n) is 4.53. The summed E-state index contributed by atoms with van der Waals surface area (Å²) in [6, 6.07) is 7.95. The summed E-state index contributed by atoms with van der Waals surface area (Å²) in [5, 5.41) is -0.552. The van der Waals surface area contributed by atoms with E-state index >= 15 is 0 Å². The van der Waals surface area contributed by atoms with Gasteiger partial charge >= 0.3 is 48.9 Å². The molecule has 4 nitrogen and oxygen atoms in total. The summed E-state index contributed by atoms with van der Waals surface area (Å²) >= 11 is 7.87. The Balaban J connectivity index is -0.000000258. The van der Waals surface area contributed by atoms with Gasteiger partial charge in [-0.15, -0.1) is 0 Å². The number of aryl methyl sites for hydroxylation is 1. The van der Waals surface area contributed by atoms with Gasteiger partial charge in [-0.3, -0.25) is 4.79 Å². The van der Waals surface area contributed by atoms with Crippen molar-refractivity contribution < 1.29 is 12.4 Å². The Bertz CT molecular complexity index is 451. The zero-order valence-electron chi connectivity index (χ0n) is 15.1. The number of carbonyl (C=O) groups is 1. The second-order valence-corrected chi connectivity index (χ2v) is 5.37. The zero-order valence-corrected chi connectivity index (χ0v) is 19.2. The standard InChI is InChI=1S/C14H21NOS.CH3NOS.Ba.2H/c1-2-3-4-5-6-9-12-10-7-8-11-13(12)16-14(15)17;2-1(3)4;;;/h7-8,10-11H,2-6,9H2,1H3,(H2,15,17);(H3,2,3,4);;;/q;;+2;2*-1. The fourth-order valence-electron chi connectivity index (χ4n) is 1.84. The molecule has 0 unspecified atom stereocenters. The minimum absolute atomic E-state index is 0. The smallest absolute Gasteiger partial charge is 1.00 e. The molecule has 7 heteroatoms. The van der Waals surface area contributed by atoms with E-state index in [-0.39, 0.29) is 56.9 Å². The molecule has 1 rings (SSSR count). The van der Waals surface area contributed by atoms with Crippen molar-refractivity contribution in [2.75, 3.05) is 0 Å². The predicted octanol–water partition coefficient (Wildman–Crippen LogP) is 3.66. The van der Waals surface area contributed by atoms with Gasteiger partial charge in [-0.1, -0.05) is 63.4 Å². The van der Waals surface area contributed by atoms with Crippen LogP contribution in [0.3, 0.4) is 0 Å². The molecule has 0 aromatic heterocycles. The number of hydrogen-bond acceptors (Lipinski definition) is 3. The summed E-state index contributed by atoms with van der Waals surface area (Å²) in [4.78, 5) is 9.09. The van der Waals surface area contributed by atoms with Gasteiger partial charge in [-0.2, -0.15) is 0 Å². The van der Waals surface area contributed by atoms with Gasteiger partial charge in [0.1, 0.15) is 5.75 Å². The van der Waals surface area contributed by atoms with Crippen molar-refractivity contribution >= 4 is 84.1 Å². The number of primary amides is 1. The normalized spacial score (nSPS) is 9.00. The summed E-state index contributed by atoms with van der Waals surface area (Å²) in [6.45, 7) is 2.23. The van der Waals surface area contributed by atoms with Crippen LogP contribution in [0.1, 0.15) is 47.4 Å². The Morgan fingerprint density at radius 2 is 1.77 bits per heavy atom. The fraction of sp³-hybridized carbons (Fsp3) is 0.467. The summed E-state index contributed by atoms with van der Waals surface area (Å²) in [7, 11) is 0. The molecule has 0 aliphatic carbocycles. The quantitative estimate of drug-likeness (QED) is 0.247. The van der Waals surface area contributed by atoms with Crippen molar-refractivity contribution in [1.29, 1.82) is 0 Å². The SMILES string of the molecule is CCCCCCCc1ccccc1OC(N)=S.NC(=O)S.[Ba+2].[H-].[H-]. The zero-order chi connectivity index (χ0) is 16.1. The molecule has 22 heavy (non-hydrogen) atoms. The first-order valence-corrected chi connectivity index (χ1v) is 7.86. The third-order valence-corrected chi connectivity index (χ3v) is 2.82. The molecular weight excluding hydrogens is 442 g/mol. The minimum Gasteiger partial charge on any atom is -1.00 e. The molecule has 0 aliphatic heterocycles. The molecule has 4 N–H and O–H groups in total. The number of para-hydroxylation sites is 1. The van der Waals surface area contributed by atoms with Crippen molar-refractivity contribution in [1.82, 2.24) is 0 Å². The van der Waals surface area contributed by atoms with Crippen molar-refractivity contribution in [3.63, 3.8) is 0 Å². The molecule has 1 amide bonds. The van der Waals surface area contributed by atoms with Crippen LogP contribution >= 0.6 is 24.8 Å². The molecular formula is C15H26BaN2O2S2. The maximum Gasteiger partial charge on any atom is 2.00 e. The number of amides is 1. The van der Waals surface area contributed by atoms with Gasteiger partial charge in [0.15, 0.2) is 0 Å². The largest absolute Gasteiger partial charge is 2.00 e. The Morgan fingerprint density at radius 1 is 1.23 bits per heavy atom. The number of carbonyl (C=O) groups excluding carboxylic acids is 1. The van der Waals surface area contributed by atoms with Gasteiger partial charge in [0.2, 0.25) is 0 Å². The molecule has 0 radical (unpaired) electrons. The Hall–Kier alpha value is 0.301. The van der Waals surface area contributed by atoms with Crippen molar-refractivity contribution in [3.8, 4) is 5.75 Å². The average molecular weight is 468 g/mol. The number of thiol groups is 1. The van der Waals surface area contributed by atoms with Crippen LogP contribution in [-0.4, -0.2) is 59.3 Å². The van der Waals surface area contributed by atoms with Gasteiger partial charge in [0.25, 0.3) is 10.4 Å². The van der Waals surface area contributed by atoms with Crippen molar-refractivity contribution in [2.45, 2.75) is 45.4 Å². The van der Waals surface area contributed by atoms with E-state index in [1.54, 1.807) is 0 Å². The van der Waals surface area contributed by atoms with E-state index in [0.717, 1.165) is 12.2 Å². The molecule has 1 aromatic rings. The monoisotopic (exact) mass is 468 g/mol. The van der Waals surface area contributed by atoms with Gasteiger partial charge in [0, 0.05) is 0 Å². The van der Waals surface area contributed by atoms with Gasteiger partial charge in [0.05, 0.1) is 0 Å². The van der Waals surface area contributed by atoms with Gasteiger partial charge in [-0.05, 0) is 36.7 Å². The number of ether oxygens (including phenoxy) is 1. The van der Waals surface area contributed by atoms with E-state index in [2.05, 4.69) is 31.4 Å². The molecule has 0 saturated heterocycles. The summed E-state index contributed by atoms with van der Waals surface area (Å²) in [6.07, 6.45) is 7.41. The molecule has 122 valence electrons. The average Bonchev–Trinajstić information content (AvgIpc) is 2.39. The van der Waals surface area contributed by atoms with E-state index in [4.69, 9.17) is 27.5 Å². The van der Waals surface area contributed by atoms with Crippen LogP contribution in [-0.2, 0) is 6.42 Å². The van der Waals surface area contributed by atoms with Gasteiger partial charge < -0.3 is 19.1 Å². The van der Waals surface area contributed by atoms with Crippen LogP contribution in [0.2, 0.25) is 0 Å². The third kappa shape index (κ3) is 15.2. The molecule has 0 bridgehead atoms. The van der Waals surface area contributed by atoms with Crippen LogP contribution in [0.15, 0.2) is 24.3 Å². The number of hydrogen-bond donors (Lipinski definition) is 3. The topological polar surface area (TPSA) is 78.3 Å². The number of nitrogens with two attached hydrogens (primary N) is 2. The van der Waals surface area contributed by atoms with Crippen LogP contribution in [0.4, 0.5) is 4.79 Å². The number of unbranched alkanes of at least 4 members (excludes halogenated alkanes) is 4. The number of benzene rings is 1. The predicted molar refractivity (Wildman–Crippen MR) is 103 cm³/mol. The first-order valence-electron chi connectivity index (χ1n) is 7.01. The molecule has 0 spiro atoms. The van der Waals surface area contributed by atoms with Crippen molar-refractivity contribution in [3.05, 3.63) is 29.8 Å². The molecule has 1 aromatic carbocycles. The minimum atomic E-state index is -0.639. The molecule has 0 heterocycles. The number of rotatable bonds is 7. The van der Waals surface area contributed by atoms with E-state index in [9.17, 15) is 0 Å². The summed E-state index contributed by atoms with van der Waals surface area (Å²) in [5.41, 5.74) is 10.9. The van der Waals surface area contributed by atoms with Crippen LogP contribution in [0.5, 0.6) is 5.75 Å². The second kappa shape index (κ2) is 16.2. The Kier molecular flexibility index (Phi) is 18.0. The van der Waals surface area contributed by atoms with Gasteiger partial charge in [-0.25, -0.2) is 0 Å². The summed E-state index contributed by atoms with van der Waals surface area (Å²) in [5.74, 6) is 0.801. The van der Waals surface area contributed by atoms with E-state index < -0.39 is 5.24 Å². The maximum atomic E-state index is 9.09. The van der Waals surface area contributed by atoms with E-state index in [1.165, 1.54) is 37.7 Å². The first-order chi connectivity index (χ1) is 9.97. The van der Waals surface area contributed by atoms with E-state index in [1.807, 2.05) is 18.2 Å². The van der Waals surface area contributed by atoms with E-state index in [0.29, 0.717) is 0 Å². The molecule has 0 atom stereocenters. The number of thiocarbonyl (C=S) groups is 1. The van der Waals surface area contributed by atoms with Crippen LogP contribution in [0.25, 0.3) is 0 Å². The third-order valence-electron chi connectivity index (χ3n) is 2.73. The molecule has 0 saturated carbocycles. The molecule has 0 aliphatic rings. The van der Waals surface area contributed by atoms with Crippen LogP contribution in [0, 0.1) is 0 Å².